The van der Waals surface area contributed by atoms with Gasteiger partial charge in [-0.1, -0.05) is 34.1 Å². The van der Waals surface area contributed by atoms with E-state index in [1.165, 1.54) is 19.4 Å². The van der Waals surface area contributed by atoms with Crippen molar-refractivity contribution in [2.45, 2.75) is 190 Å². The van der Waals surface area contributed by atoms with Crippen molar-refractivity contribution in [3.8, 4) is 0 Å². The lowest BCUT2D eigenvalue weighted by Crippen LogP contribution is -2.62. The van der Waals surface area contributed by atoms with E-state index in [0.717, 1.165) is 4.90 Å². The van der Waals surface area contributed by atoms with E-state index in [9.17, 15) is 92.3 Å². The highest BCUT2D eigenvalue weighted by molar-refractivity contribution is 6.01. The number of carboxylic acids is 2. The Morgan fingerprint density at radius 3 is 1.39 bits per heavy atom. The third kappa shape index (κ3) is 32.0. The van der Waals surface area contributed by atoms with Gasteiger partial charge in [0.05, 0.1) is 38.4 Å². The van der Waals surface area contributed by atoms with Crippen molar-refractivity contribution in [3.05, 3.63) is 18.2 Å². The maximum Gasteiger partial charge on any atom is 0.326 e. The summed E-state index contributed by atoms with van der Waals surface area (Å²) in [6.45, 7) is 3.82. The van der Waals surface area contributed by atoms with Crippen molar-refractivity contribution in [1.29, 1.82) is 0 Å². The van der Waals surface area contributed by atoms with E-state index in [1.54, 1.807) is 20.8 Å². The summed E-state index contributed by atoms with van der Waals surface area (Å²) in [5.74, 6) is -19.3. The van der Waals surface area contributed by atoms with Crippen LogP contribution in [0.3, 0.4) is 0 Å². The zero-order valence-corrected chi connectivity index (χ0v) is 57.7. The van der Waals surface area contributed by atoms with Gasteiger partial charge in [-0.25, -0.2) is 9.78 Å². The second kappa shape index (κ2) is 44.9. The van der Waals surface area contributed by atoms with Crippen LogP contribution in [0.25, 0.3) is 0 Å². The summed E-state index contributed by atoms with van der Waals surface area (Å²) in [7, 11) is 0. The number of nitrogens with two attached hydrogens (primary N) is 9. The molecule has 1 fully saturated rings. The largest absolute Gasteiger partial charge is 0.481 e. The van der Waals surface area contributed by atoms with Gasteiger partial charge in [-0.15, -0.1) is 0 Å². The van der Waals surface area contributed by atoms with Gasteiger partial charge >= 0.3 is 11.9 Å². The first-order chi connectivity index (χ1) is 48.4. The minimum absolute atomic E-state index is 0.00529. The topological polar surface area (TPSA) is 760 Å². The van der Waals surface area contributed by atoms with Crippen molar-refractivity contribution in [2.24, 2.45) is 78.4 Å². The number of hydrogen-bond acceptors (Lipinski definition) is 22. The standard InChI is InChI=1S/C59H101N25O19/c1-5-28(4)44(56(102)103)83-53(99)38(25-86)81-50(96)35(21-41(62)88)77-46(92)31(11-7-17-71-58(65)66)76-52(98)37(24-85)80-49(95)34(20-29-23-69-26-73-29)79-54(100)39-13-9-19-84(39)55(101)43(27(2)3)82-48(94)32(12-8-18-72-59(67)68)75-51(97)36(22-42(89)90)78-47(93)33(14-15-40(61)87)74-45(91)30(60)10-6-16-70-57(63)64/h23,26-28,30-39,43-44,85-86H,5-22,24-25,60H2,1-4H3,(H2,61,87)(H2,62,88)(H,69,73)(H,74,91)(H,75,97)(H,76,98)(H,77,92)(H,78,93)(H,79,100)(H,80,95)(H,81,96)(H,82,94)(H,83,99)(H,89,90)(H,102,103)(H4,63,64,70)(H4,65,66,71)(H4,67,68,72)/t28-,30-,31-,32-,33-,34-,35-,36-,37-,38-,39-,43-,44-/m0/s1. The quantitative estimate of drug-likeness (QED) is 0.0164. The summed E-state index contributed by atoms with van der Waals surface area (Å²) < 4.78 is 0. The van der Waals surface area contributed by atoms with Gasteiger partial charge in [0.1, 0.15) is 66.5 Å². The zero-order valence-electron chi connectivity index (χ0n) is 57.7. The number of aliphatic imine (C=N–C) groups is 3. The van der Waals surface area contributed by atoms with Crippen LogP contribution < -0.4 is 105 Å². The molecule has 44 heteroatoms. The summed E-state index contributed by atoms with van der Waals surface area (Å²) in [6, 6.07) is -19.7. The second-order valence-electron chi connectivity index (χ2n) is 24.5. The van der Waals surface area contributed by atoms with Crippen molar-refractivity contribution >= 4 is 107 Å². The fourth-order valence-corrected chi connectivity index (χ4v) is 10.1. The minimum atomic E-state index is -1.96. The van der Waals surface area contributed by atoms with Crippen LogP contribution in [-0.2, 0) is 78.3 Å². The van der Waals surface area contributed by atoms with Crippen LogP contribution in [0, 0.1) is 11.8 Å². The smallest absolute Gasteiger partial charge is 0.326 e. The lowest BCUT2D eigenvalue weighted by molar-refractivity contribution is -0.144. The van der Waals surface area contributed by atoms with Crippen LogP contribution in [0.2, 0.25) is 0 Å². The monoisotopic (exact) mass is 1460 g/mol. The SMILES string of the molecule is CC[C@H](C)[C@H](NC(=O)[C@H](CO)NC(=O)[C@H](CC(N)=O)NC(=O)[C@H](CCCN=C(N)N)NC(=O)[C@H](CO)NC(=O)[C@H](Cc1cnc[nH]1)NC(=O)[C@@H]1CCCN1C(=O)[C@@H](NC(=O)[C@H](CCCN=C(N)N)NC(=O)[C@H](CC(=O)O)NC(=O)[C@H](CCC(N)=O)NC(=O)[C@@H](N)CCCN=C(N)N)C(C)C)C(=O)O. The number of rotatable bonds is 48. The highest BCUT2D eigenvalue weighted by Gasteiger charge is 2.42. The molecule has 33 N–H and O–H groups in total. The predicted octanol–water partition coefficient (Wildman–Crippen LogP) is -11.3. The maximum absolute atomic E-state index is 14.7. The highest BCUT2D eigenvalue weighted by Crippen LogP contribution is 2.22. The summed E-state index contributed by atoms with van der Waals surface area (Å²) in [5.41, 5.74) is 49.6. The van der Waals surface area contributed by atoms with Gasteiger partial charge in [0.15, 0.2) is 17.9 Å². The number of carboxylic acid groups (broad SMARTS) is 2. The normalized spacial score (nSPS) is 16.0. The van der Waals surface area contributed by atoms with Gasteiger partial charge in [-0.05, 0) is 69.6 Å². The molecule has 0 aliphatic carbocycles. The molecule has 44 nitrogen and oxygen atoms in total. The number of carbonyl (C=O) groups excluding carboxylic acids is 13. The molecular weight excluding hydrogens is 1360 g/mol. The summed E-state index contributed by atoms with van der Waals surface area (Å²) >= 11 is 0. The molecular formula is C59H101N25O19. The van der Waals surface area contributed by atoms with Gasteiger partial charge in [-0.2, -0.15) is 0 Å². The average Bonchev–Trinajstić information content (AvgIpc) is 1.72. The Bertz CT molecular complexity index is 3180. The molecule has 13 atom stereocenters. The lowest BCUT2D eigenvalue weighted by atomic mass is 9.99. The first kappa shape index (κ1) is 88.0. The van der Waals surface area contributed by atoms with Crippen LogP contribution in [0.15, 0.2) is 27.5 Å². The predicted molar refractivity (Wildman–Crippen MR) is 365 cm³/mol. The van der Waals surface area contributed by atoms with Gasteiger partial charge in [0.25, 0.3) is 0 Å². The number of aliphatic carboxylic acids is 2. The van der Waals surface area contributed by atoms with Gasteiger partial charge in [0.2, 0.25) is 76.8 Å². The van der Waals surface area contributed by atoms with Crippen LogP contribution in [0.4, 0.5) is 0 Å². The van der Waals surface area contributed by atoms with Crippen LogP contribution in [0.5, 0.6) is 0 Å². The van der Waals surface area contributed by atoms with Crippen molar-refractivity contribution in [1.82, 2.24) is 68.0 Å². The number of amides is 13. The molecule has 13 amide bonds. The Kier molecular flexibility index (Phi) is 38.4. The van der Waals surface area contributed by atoms with E-state index >= 15 is 0 Å². The van der Waals surface area contributed by atoms with E-state index < -0.39 is 212 Å². The minimum Gasteiger partial charge on any atom is -0.481 e. The van der Waals surface area contributed by atoms with Crippen LogP contribution in [0.1, 0.15) is 117 Å². The van der Waals surface area contributed by atoms with Crippen molar-refractivity contribution in [2.75, 3.05) is 39.4 Å². The fraction of sp³-hybridized carbons (Fsp3) is 0.644. The number of imidazole rings is 1. The number of aliphatic hydroxyl groups excluding tert-OH is 2. The Labute approximate surface area is 591 Å². The molecule has 1 aromatic heterocycles. The number of carbonyl (C=O) groups is 15. The molecule has 103 heavy (non-hydrogen) atoms. The van der Waals surface area contributed by atoms with Crippen LogP contribution in [-0.4, -0.2) is 254 Å². The zero-order chi connectivity index (χ0) is 77.8. The molecule has 1 saturated heterocycles. The molecule has 0 saturated carbocycles. The van der Waals surface area contributed by atoms with Crippen LogP contribution >= 0.6 is 0 Å². The van der Waals surface area contributed by atoms with E-state index in [4.69, 9.17) is 51.6 Å². The molecule has 0 spiro atoms. The number of likely N-dealkylation sites (tertiary alicyclic amines) is 1. The van der Waals surface area contributed by atoms with Crippen molar-refractivity contribution < 1.29 is 92.3 Å². The van der Waals surface area contributed by atoms with E-state index in [2.05, 4.69) is 78.1 Å². The third-order valence-electron chi connectivity index (χ3n) is 15.9. The van der Waals surface area contributed by atoms with E-state index in [0.29, 0.717) is 6.42 Å². The number of nitrogens with one attached hydrogen (secondary N) is 11. The summed E-state index contributed by atoms with van der Waals surface area (Å²) in [5, 5.41) is 63.7. The molecule has 0 bridgehead atoms. The average molecular weight is 1460 g/mol. The Morgan fingerprint density at radius 2 is 0.951 bits per heavy atom. The van der Waals surface area contributed by atoms with Gasteiger partial charge in [0, 0.05) is 50.9 Å². The molecule has 1 aliphatic rings. The number of H-pyrrole nitrogens is 1. The van der Waals surface area contributed by atoms with E-state index in [-0.39, 0.29) is 108 Å². The number of guanidine groups is 3. The number of nitrogens with zero attached hydrogens (tertiary/aromatic N) is 5. The summed E-state index contributed by atoms with van der Waals surface area (Å²) in [6.07, 6.45) is -0.657. The Balaban J connectivity index is 2.48. The fourth-order valence-electron chi connectivity index (χ4n) is 10.1. The molecule has 0 aromatic carbocycles. The Hall–Kier alpha value is -11.0. The summed E-state index contributed by atoms with van der Waals surface area (Å²) in [4.78, 5) is 221. The molecule has 2 rings (SSSR count). The maximum atomic E-state index is 14.7. The molecule has 0 unspecified atom stereocenters. The second-order valence-corrected chi connectivity index (χ2v) is 24.5. The lowest BCUT2D eigenvalue weighted by Gasteiger charge is -2.32. The first-order valence-electron chi connectivity index (χ1n) is 32.9. The molecule has 2 heterocycles. The highest BCUT2D eigenvalue weighted by atomic mass is 16.4. The molecule has 1 aliphatic heterocycles. The number of primary amides is 2. The molecule has 576 valence electrons. The number of aromatic nitrogens is 2. The number of aromatic amines is 1. The van der Waals surface area contributed by atoms with Crippen molar-refractivity contribution in [3.63, 3.8) is 0 Å². The first-order valence-corrected chi connectivity index (χ1v) is 32.9. The molecule has 0 radical (unpaired) electrons. The Morgan fingerprint density at radius 1 is 0.534 bits per heavy atom. The van der Waals surface area contributed by atoms with E-state index in [1.807, 2.05) is 0 Å². The van der Waals surface area contributed by atoms with Gasteiger partial charge < -0.3 is 135 Å². The van der Waals surface area contributed by atoms with Gasteiger partial charge in [-0.3, -0.25) is 82.1 Å². The molecule has 1 aromatic rings. The number of aliphatic hydroxyl groups is 2. The number of hydrogen-bond donors (Lipinski definition) is 24. The third-order valence-corrected chi connectivity index (χ3v) is 15.9.